The van der Waals surface area contributed by atoms with Crippen molar-refractivity contribution in [1.29, 1.82) is 0 Å². The third-order valence-corrected chi connectivity index (χ3v) is 4.23. The van der Waals surface area contributed by atoms with Crippen LogP contribution in [-0.2, 0) is 11.3 Å². The maximum Gasteiger partial charge on any atom is 0.387 e. The molecule has 1 heterocycles. The lowest BCUT2D eigenvalue weighted by Gasteiger charge is -2.31. The number of hydrogen-bond donors (Lipinski definition) is 0. The van der Waals surface area contributed by atoms with Crippen LogP contribution in [0.3, 0.4) is 0 Å². The summed E-state index contributed by atoms with van der Waals surface area (Å²) in [7, 11) is 1.76. The summed E-state index contributed by atoms with van der Waals surface area (Å²) in [6.45, 7) is 2.26. The van der Waals surface area contributed by atoms with E-state index in [0.29, 0.717) is 13.1 Å². The third kappa shape index (κ3) is 5.78. The smallest absolute Gasteiger partial charge is 0.387 e. The van der Waals surface area contributed by atoms with E-state index in [-0.39, 0.29) is 11.7 Å². The van der Waals surface area contributed by atoms with Crippen LogP contribution in [0.5, 0.6) is 5.75 Å². The Morgan fingerprint density at radius 2 is 1.91 bits per heavy atom. The van der Waals surface area contributed by atoms with Crippen LogP contribution in [0.2, 0.25) is 0 Å². The summed E-state index contributed by atoms with van der Waals surface area (Å²) in [6.07, 6.45) is 2.28. The maximum absolute atomic E-state index is 12.3. The van der Waals surface area contributed by atoms with E-state index in [0.717, 1.165) is 37.4 Å². The predicted octanol–water partition coefficient (Wildman–Crippen LogP) is 2.98. The highest BCUT2D eigenvalue weighted by molar-refractivity contribution is 5.78. The molecule has 1 aliphatic heterocycles. The zero-order valence-electron chi connectivity index (χ0n) is 13.7. The van der Waals surface area contributed by atoms with E-state index >= 15 is 0 Å². The minimum Gasteiger partial charge on any atom is -0.435 e. The Labute approximate surface area is 136 Å². The van der Waals surface area contributed by atoms with Gasteiger partial charge < -0.3 is 9.64 Å². The first-order chi connectivity index (χ1) is 10.9. The highest BCUT2D eigenvalue weighted by Gasteiger charge is 2.19. The molecule has 0 radical (unpaired) electrons. The molecule has 0 atom stereocenters. The monoisotopic (exact) mass is 326 g/mol. The van der Waals surface area contributed by atoms with Crippen LogP contribution in [0.15, 0.2) is 24.3 Å². The van der Waals surface area contributed by atoms with Gasteiger partial charge in [0.25, 0.3) is 0 Å². The fraction of sp³-hybridized carbons (Fsp3) is 0.588. The molecular weight excluding hydrogens is 302 g/mol. The maximum atomic E-state index is 12.3. The van der Waals surface area contributed by atoms with Crippen molar-refractivity contribution >= 4 is 5.91 Å². The molecule has 4 nitrogen and oxygen atoms in total. The van der Waals surface area contributed by atoms with Crippen molar-refractivity contribution in [3.05, 3.63) is 29.8 Å². The Morgan fingerprint density at radius 3 is 2.48 bits per heavy atom. The van der Waals surface area contributed by atoms with Gasteiger partial charge in [0.05, 0.1) is 6.54 Å². The van der Waals surface area contributed by atoms with Crippen LogP contribution in [0.1, 0.15) is 25.3 Å². The van der Waals surface area contributed by atoms with Crippen LogP contribution in [-0.4, -0.2) is 49.0 Å². The summed E-state index contributed by atoms with van der Waals surface area (Å²) >= 11 is 0. The van der Waals surface area contributed by atoms with Gasteiger partial charge in [0.1, 0.15) is 5.75 Å². The first-order valence-electron chi connectivity index (χ1n) is 7.94. The molecule has 0 unspecified atom stereocenters. The van der Waals surface area contributed by atoms with E-state index in [1.165, 1.54) is 12.1 Å². The van der Waals surface area contributed by atoms with Crippen LogP contribution < -0.4 is 4.74 Å². The number of amides is 1. The first kappa shape index (κ1) is 17.7. The summed E-state index contributed by atoms with van der Waals surface area (Å²) in [5.41, 5.74) is 0.884. The molecule has 0 bridgehead atoms. The van der Waals surface area contributed by atoms with E-state index in [1.54, 1.807) is 24.1 Å². The number of likely N-dealkylation sites (tertiary alicyclic amines) is 1. The average Bonchev–Trinajstić information content (AvgIpc) is 2.51. The van der Waals surface area contributed by atoms with Crippen LogP contribution in [0, 0.1) is 5.92 Å². The number of carbonyl (C=O) groups excluding carboxylic acids is 1. The second-order valence-corrected chi connectivity index (χ2v) is 6.23. The largest absolute Gasteiger partial charge is 0.435 e. The number of ether oxygens (including phenoxy) is 1. The van der Waals surface area contributed by atoms with Gasteiger partial charge in [-0.15, -0.1) is 0 Å². The fourth-order valence-electron chi connectivity index (χ4n) is 2.67. The van der Waals surface area contributed by atoms with Crippen molar-refractivity contribution in [3.63, 3.8) is 0 Å². The zero-order valence-corrected chi connectivity index (χ0v) is 13.7. The molecule has 1 amide bonds. The summed E-state index contributed by atoms with van der Waals surface area (Å²) in [5.74, 6) is 0.945. The van der Waals surface area contributed by atoms with Gasteiger partial charge in [-0.3, -0.25) is 9.69 Å². The second-order valence-electron chi connectivity index (χ2n) is 6.23. The molecule has 0 saturated carbocycles. The van der Waals surface area contributed by atoms with Gasteiger partial charge in [-0.25, -0.2) is 0 Å². The highest BCUT2D eigenvalue weighted by Crippen LogP contribution is 2.17. The number of piperidine rings is 1. The van der Waals surface area contributed by atoms with Crippen LogP contribution >= 0.6 is 0 Å². The quantitative estimate of drug-likeness (QED) is 0.806. The molecule has 0 spiro atoms. The predicted molar refractivity (Wildman–Crippen MR) is 84.4 cm³/mol. The van der Waals surface area contributed by atoms with E-state index in [9.17, 15) is 13.6 Å². The number of likely N-dealkylation sites (N-methyl/N-ethyl adjacent to an activating group) is 1. The van der Waals surface area contributed by atoms with Crippen molar-refractivity contribution in [2.24, 2.45) is 5.92 Å². The van der Waals surface area contributed by atoms with Crippen molar-refractivity contribution in [2.75, 3.05) is 26.7 Å². The summed E-state index contributed by atoms with van der Waals surface area (Å²) in [6, 6.07) is 6.38. The Balaban J connectivity index is 1.81. The van der Waals surface area contributed by atoms with Crippen molar-refractivity contribution < 1.29 is 18.3 Å². The van der Waals surface area contributed by atoms with Crippen molar-refractivity contribution in [1.82, 2.24) is 9.80 Å². The molecule has 0 aromatic heterocycles. The van der Waals surface area contributed by atoms with E-state index < -0.39 is 6.61 Å². The van der Waals surface area contributed by atoms with E-state index in [2.05, 4.69) is 16.6 Å². The molecule has 6 heteroatoms. The van der Waals surface area contributed by atoms with Gasteiger partial charge in [-0.1, -0.05) is 19.1 Å². The summed E-state index contributed by atoms with van der Waals surface area (Å²) in [4.78, 5) is 16.1. The number of rotatable bonds is 6. The van der Waals surface area contributed by atoms with E-state index in [4.69, 9.17) is 0 Å². The molecule has 23 heavy (non-hydrogen) atoms. The van der Waals surface area contributed by atoms with Gasteiger partial charge in [0.15, 0.2) is 0 Å². The summed E-state index contributed by atoms with van der Waals surface area (Å²) in [5, 5.41) is 0. The minimum absolute atomic E-state index is 0.0764. The number of benzene rings is 1. The molecule has 128 valence electrons. The van der Waals surface area contributed by atoms with Crippen molar-refractivity contribution in [3.8, 4) is 5.75 Å². The average molecular weight is 326 g/mol. The number of alkyl halides is 2. The SMILES string of the molecule is CC1CCN(CC(=O)N(C)Cc2ccc(OC(F)F)cc2)CC1. The fourth-order valence-corrected chi connectivity index (χ4v) is 2.67. The molecular formula is C17H24F2N2O2. The van der Waals surface area contributed by atoms with Gasteiger partial charge in [-0.05, 0) is 49.5 Å². The number of carbonyl (C=O) groups is 1. The van der Waals surface area contributed by atoms with Gasteiger partial charge in [0.2, 0.25) is 5.91 Å². The lowest BCUT2D eigenvalue weighted by atomic mass is 9.99. The normalized spacial score (nSPS) is 16.6. The zero-order chi connectivity index (χ0) is 16.8. The van der Waals surface area contributed by atoms with Crippen LogP contribution in [0.4, 0.5) is 8.78 Å². The molecule has 1 aromatic carbocycles. The molecule has 1 fully saturated rings. The molecule has 2 rings (SSSR count). The molecule has 1 saturated heterocycles. The minimum atomic E-state index is -2.82. The lowest BCUT2D eigenvalue weighted by Crippen LogP contribution is -2.41. The Bertz CT molecular complexity index is 500. The Kier molecular flexibility index (Phi) is 6.33. The lowest BCUT2D eigenvalue weighted by molar-refractivity contribution is -0.132. The highest BCUT2D eigenvalue weighted by atomic mass is 19.3. The second kappa shape index (κ2) is 8.24. The molecule has 0 N–H and O–H groups in total. The van der Waals surface area contributed by atoms with Crippen molar-refractivity contribution in [2.45, 2.75) is 32.9 Å². The topological polar surface area (TPSA) is 32.8 Å². The number of nitrogens with zero attached hydrogens (tertiary/aromatic N) is 2. The Morgan fingerprint density at radius 1 is 1.30 bits per heavy atom. The van der Waals surface area contributed by atoms with Gasteiger partial charge in [0, 0.05) is 13.6 Å². The standard InChI is InChI=1S/C17H24F2N2O2/c1-13-7-9-21(10-8-13)12-16(22)20(2)11-14-3-5-15(6-4-14)23-17(18)19/h3-6,13,17H,7-12H2,1-2H3. The number of hydrogen-bond acceptors (Lipinski definition) is 3. The van der Waals surface area contributed by atoms with Gasteiger partial charge >= 0.3 is 6.61 Å². The third-order valence-electron chi connectivity index (χ3n) is 4.23. The Hall–Kier alpha value is -1.69. The number of halogens is 2. The first-order valence-corrected chi connectivity index (χ1v) is 7.94. The summed E-state index contributed by atoms with van der Waals surface area (Å²) < 4.78 is 28.5. The molecule has 1 aliphatic rings. The van der Waals surface area contributed by atoms with Crippen LogP contribution in [0.25, 0.3) is 0 Å². The van der Waals surface area contributed by atoms with Gasteiger partial charge in [-0.2, -0.15) is 8.78 Å². The molecule has 1 aromatic rings. The molecule has 0 aliphatic carbocycles. The van der Waals surface area contributed by atoms with E-state index in [1.807, 2.05) is 0 Å².